The summed E-state index contributed by atoms with van der Waals surface area (Å²) in [5, 5.41) is 2.83. The number of anilines is 1. The van der Waals surface area contributed by atoms with Gasteiger partial charge >= 0.3 is 0 Å². The number of rotatable bonds is 6. The average Bonchev–Trinajstić information content (AvgIpc) is 2.63. The predicted octanol–water partition coefficient (Wildman–Crippen LogP) is 3.30. The van der Waals surface area contributed by atoms with Gasteiger partial charge in [-0.15, -0.1) is 12.4 Å². The first-order chi connectivity index (χ1) is 11.6. The smallest absolute Gasteiger partial charge is 0.255 e. The molecule has 0 bridgehead atoms. The number of nitrogens with one attached hydrogen (secondary N) is 1. The highest BCUT2D eigenvalue weighted by molar-refractivity contribution is 6.09. The summed E-state index contributed by atoms with van der Waals surface area (Å²) < 4.78 is 0. The van der Waals surface area contributed by atoms with Crippen LogP contribution in [0.2, 0.25) is 0 Å². The topological polar surface area (TPSA) is 75.4 Å². The van der Waals surface area contributed by atoms with Crippen molar-refractivity contribution in [2.75, 3.05) is 18.4 Å². The van der Waals surface area contributed by atoms with Crippen molar-refractivity contribution in [1.82, 2.24) is 4.90 Å². The number of hydrogen-bond acceptors (Lipinski definition) is 3. The lowest BCUT2D eigenvalue weighted by Crippen LogP contribution is -2.31. The molecule has 0 saturated carbocycles. The van der Waals surface area contributed by atoms with Crippen LogP contribution < -0.4 is 11.1 Å². The van der Waals surface area contributed by atoms with Crippen LogP contribution in [0.25, 0.3) is 0 Å². The molecule has 5 nitrogen and oxygen atoms in total. The molecule has 0 fully saturated rings. The molecule has 0 aliphatic carbocycles. The van der Waals surface area contributed by atoms with Gasteiger partial charge in [-0.1, -0.05) is 24.3 Å². The lowest BCUT2D eigenvalue weighted by Gasteiger charge is -2.20. The molecule has 0 saturated heterocycles. The highest BCUT2D eigenvalue weighted by Gasteiger charge is 2.17. The minimum Gasteiger partial charge on any atom is -0.339 e. The van der Waals surface area contributed by atoms with Gasteiger partial charge in [-0.25, -0.2) is 0 Å². The van der Waals surface area contributed by atoms with Crippen LogP contribution >= 0.6 is 12.4 Å². The van der Waals surface area contributed by atoms with E-state index in [4.69, 9.17) is 5.73 Å². The van der Waals surface area contributed by atoms with Gasteiger partial charge in [0, 0.05) is 25.2 Å². The number of benzene rings is 2. The van der Waals surface area contributed by atoms with Gasteiger partial charge in [0.05, 0.1) is 11.3 Å². The lowest BCUT2D eigenvalue weighted by molar-refractivity contribution is 0.0774. The Labute approximate surface area is 154 Å². The van der Waals surface area contributed by atoms with Gasteiger partial charge in [0.2, 0.25) is 0 Å². The van der Waals surface area contributed by atoms with E-state index in [1.165, 1.54) is 0 Å². The van der Waals surface area contributed by atoms with Gasteiger partial charge in [-0.05, 0) is 43.7 Å². The Morgan fingerprint density at radius 1 is 1.00 bits per heavy atom. The van der Waals surface area contributed by atoms with Gasteiger partial charge in [-0.2, -0.15) is 0 Å². The summed E-state index contributed by atoms with van der Waals surface area (Å²) >= 11 is 0. The molecule has 134 valence electrons. The van der Waals surface area contributed by atoms with Crippen LogP contribution in [0.3, 0.4) is 0 Å². The van der Waals surface area contributed by atoms with Crippen LogP contribution in [-0.4, -0.2) is 29.8 Å². The maximum Gasteiger partial charge on any atom is 0.255 e. The molecule has 25 heavy (non-hydrogen) atoms. The van der Waals surface area contributed by atoms with E-state index < -0.39 is 0 Å². The number of carbonyl (C=O) groups excluding carboxylic acids is 2. The van der Waals surface area contributed by atoms with Gasteiger partial charge in [0.1, 0.15) is 0 Å². The number of hydrogen-bond donors (Lipinski definition) is 2. The van der Waals surface area contributed by atoms with Crippen molar-refractivity contribution < 1.29 is 9.59 Å². The summed E-state index contributed by atoms with van der Waals surface area (Å²) in [7, 11) is 0. The second-order valence-corrected chi connectivity index (χ2v) is 5.38. The fraction of sp³-hybridized carbons (Fsp3) is 0.263. The molecule has 0 radical (unpaired) electrons. The number of nitrogens with two attached hydrogens (primary N) is 1. The van der Waals surface area contributed by atoms with Gasteiger partial charge in [-0.3, -0.25) is 9.59 Å². The molecule has 2 rings (SSSR count). The summed E-state index contributed by atoms with van der Waals surface area (Å²) in [4.78, 5) is 26.7. The number of nitrogens with zero attached hydrogens (tertiary/aromatic N) is 1. The largest absolute Gasteiger partial charge is 0.339 e. The zero-order valence-electron chi connectivity index (χ0n) is 14.5. The number of carbonyl (C=O) groups is 2. The van der Waals surface area contributed by atoms with Crippen LogP contribution in [0.4, 0.5) is 5.69 Å². The molecular weight excluding hydrogens is 338 g/mol. The molecule has 0 aliphatic heterocycles. The van der Waals surface area contributed by atoms with Crippen molar-refractivity contribution in [3.8, 4) is 0 Å². The maximum atomic E-state index is 12.6. The minimum absolute atomic E-state index is 0. The first kappa shape index (κ1) is 20.7. The average molecular weight is 362 g/mol. The fourth-order valence-electron chi connectivity index (χ4n) is 2.45. The summed E-state index contributed by atoms with van der Waals surface area (Å²) in [5.41, 5.74) is 8.06. The Bertz CT molecular complexity index is 713. The van der Waals surface area contributed by atoms with Gasteiger partial charge in [0.15, 0.2) is 0 Å². The molecule has 0 aliphatic rings. The summed E-state index contributed by atoms with van der Waals surface area (Å²) in [6, 6.07) is 14.2. The Morgan fingerprint density at radius 3 is 2.16 bits per heavy atom. The van der Waals surface area contributed by atoms with E-state index in [0.29, 0.717) is 36.4 Å². The molecule has 3 N–H and O–H groups in total. The van der Waals surface area contributed by atoms with Crippen molar-refractivity contribution in [2.24, 2.45) is 5.73 Å². The molecule has 0 unspecified atom stereocenters. The van der Waals surface area contributed by atoms with Gasteiger partial charge in [0.25, 0.3) is 11.8 Å². The SMILES string of the molecule is CCN(CC)C(=O)c1ccccc1NC(=O)c1ccc(CN)cc1.Cl. The first-order valence-corrected chi connectivity index (χ1v) is 8.09. The molecule has 2 aromatic rings. The number of para-hydroxylation sites is 1. The number of halogens is 1. The third kappa shape index (κ3) is 5.05. The molecule has 0 heterocycles. The third-order valence-electron chi connectivity index (χ3n) is 3.91. The van der Waals surface area contributed by atoms with E-state index in [0.717, 1.165) is 5.56 Å². The molecule has 0 spiro atoms. The summed E-state index contributed by atoms with van der Waals surface area (Å²) in [5.74, 6) is -0.340. The Hall–Kier alpha value is -2.37. The van der Waals surface area contributed by atoms with Crippen molar-refractivity contribution in [1.29, 1.82) is 0 Å². The quantitative estimate of drug-likeness (QED) is 0.828. The predicted molar refractivity (Wildman–Crippen MR) is 103 cm³/mol. The van der Waals surface area contributed by atoms with Gasteiger partial charge < -0.3 is 16.0 Å². The fourth-order valence-corrected chi connectivity index (χ4v) is 2.45. The van der Waals surface area contributed by atoms with E-state index in [2.05, 4.69) is 5.32 Å². The Balaban J connectivity index is 0.00000312. The van der Waals surface area contributed by atoms with Crippen molar-refractivity contribution >= 4 is 29.9 Å². The van der Waals surface area contributed by atoms with Crippen LogP contribution in [-0.2, 0) is 6.54 Å². The normalized spacial score (nSPS) is 9.88. The van der Waals surface area contributed by atoms with E-state index in [9.17, 15) is 9.59 Å². The Morgan fingerprint density at radius 2 is 1.60 bits per heavy atom. The van der Waals surface area contributed by atoms with Crippen LogP contribution in [0.1, 0.15) is 40.1 Å². The van der Waals surface area contributed by atoms with Crippen LogP contribution in [0, 0.1) is 0 Å². The lowest BCUT2D eigenvalue weighted by atomic mass is 10.1. The monoisotopic (exact) mass is 361 g/mol. The van der Waals surface area contributed by atoms with E-state index >= 15 is 0 Å². The molecule has 0 aromatic heterocycles. The van der Waals surface area contributed by atoms with E-state index in [-0.39, 0.29) is 24.2 Å². The summed E-state index contributed by atoms with van der Waals surface area (Å²) in [6.07, 6.45) is 0. The second kappa shape index (κ2) is 9.81. The maximum absolute atomic E-state index is 12.6. The Kier molecular flexibility index (Phi) is 8.11. The highest BCUT2D eigenvalue weighted by atomic mass is 35.5. The van der Waals surface area contributed by atoms with Crippen molar-refractivity contribution in [3.63, 3.8) is 0 Å². The molecular formula is C19H24ClN3O2. The minimum atomic E-state index is -0.252. The third-order valence-corrected chi connectivity index (χ3v) is 3.91. The molecule has 6 heteroatoms. The zero-order chi connectivity index (χ0) is 17.5. The van der Waals surface area contributed by atoms with E-state index in [1.807, 2.05) is 26.0 Å². The zero-order valence-corrected chi connectivity index (χ0v) is 15.3. The first-order valence-electron chi connectivity index (χ1n) is 8.09. The van der Waals surface area contributed by atoms with E-state index in [1.54, 1.807) is 41.3 Å². The molecule has 2 aromatic carbocycles. The van der Waals surface area contributed by atoms with Crippen molar-refractivity contribution in [3.05, 3.63) is 65.2 Å². The van der Waals surface area contributed by atoms with Crippen LogP contribution in [0.15, 0.2) is 48.5 Å². The summed E-state index contributed by atoms with van der Waals surface area (Å²) in [6.45, 7) is 5.54. The standard InChI is InChI=1S/C19H23N3O2.ClH/c1-3-22(4-2)19(24)16-7-5-6-8-17(16)21-18(23)15-11-9-14(13-20)10-12-15;/h5-12H,3-4,13,20H2,1-2H3,(H,21,23);1H. The molecule has 0 atom stereocenters. The second-order valence-electron chi connectivity index (χ2n) is 5.38. The van der Waals surface area contributed by atoms with Crippen LogP contribution in [0.5, 0.6) is 0 Å². The number of amides is 2. The highest BCUT2D eigenvalue weighted by Crippen LogP contribution is 2.18. The molecule has 2 amide bonds. The van der Waals surface area contributed by atoms with Crippen molar-refractivity contribution in [2.45, 2.75) is 20.4 Å².